The quantitative estimate of drug-likeness (QED) is 0.473. The Morgan fingerprint density at radius 3 is 3.14 bits per heavy atom. The van der Waals surface area contributed by atoms with Crippen molar-refractivity contribution in [2.75, 3.05) is 0 Å². The van der Waals surface area contributed by atoms with E-state index in [-0.39, 0.29) is 5.56 Å². The van der Waals surface area contributed by atoms with Gasteiger partial charge in [-0.3, -0.25) is 9.78 Å². The Balaban J connectivity index is 2.64. The van der Waals surface area contributed by atoms with Crippen LogP contribution in [-0.4, -0.2) is 26.6 Å². The molecule has 0 bridgehead atoms. The SMILES string of the molecule is O=C=NC(=O)c1cnn2ccncc12. The van der Waals surface area contributed by atoms with E-state index in [4.69, 9.17) is 0 Å². The fourth-order valence-electron chi connectivity index (χ4n) is 1.10. The number of hydrogen-bond donors (Lipinski definition) is 0. The molecular formula is C8H4N4O2. The molecule has 0 aliphatic carbocycles. The van der Waals surface area contributed by atoms with Gasteiger partial charge in [-0.1, -0.05) is 0 Å². The van der Waals surface area contributed by atoms with Crippen LogP contribution in [0.4, 0.5) is 0 Å². The zero-order chi connectivity index (χ0) is 9.97. The number of rotatable bonds is 1. The lowest BCUT2D eigenvalue weighted by Crippen LogP contribution is -1.94. The first-order valence-corrected chi connectivity index (χ1v) is 3.72. The normalized spacial score (nSPS) is 9.71. The number of aliphatic imine (C=N–C) groups is 1. The molecular weight excluding hydrogens is 184 g/mol. The number of aromatic nitrogens is 3. The molecule has 0 radical (unpaired) electrons. The smallest absolute Gasteiger partial charge is 0.266 e. The van der Waals surface area contributed by atoms with Crippen molar-refractivity contribution in [2.45, 2.75) is 0 Å². The van der Waals surface area contributed by atoms with Crippen LogP contribution >= 0.6 is 0 Å². The van der Waals surface area contributed by atoms with Crippen LogP contribution < -0.4 is 0 Å². The van der Waals surface area contributed by atoms with Gasteiger partial charge in [0.25, 0.3) is 5.91 Å². The summed E-state index contributed by atoms with van der Waals surface area (Å²) in [6, 6.07) is 0. The van der Waals surface area contributed by atoms with Gasteiger partial charge in [-0.05, 0) is 0 Å². The molecule has 68 valence electrons. The minimum absolute atomic E-state index is 0.237. The molecule has 0 aliphatic heterocycles. The third-order valence-electron chi connectivity index (χ3n) is 1.70. The summed E-state index contributed by atoms with van der Waals surface area (Å²) in [4.78, 5) is 27.9. The highest BCUT2D eigenvalue weighted by molar-refractivity contribution is 6.02. The molecule has 0 atom stereocenters. The van der Waals surface area contributed by atoms with Gasteiger partial charge in [0.05, 0.1) is 23.5 Å². The van der Waals surface area contributed by atoms with Crippen molar-refractivity contribution in [2.24, 2.45) is 4.99 Å². The van der Waals surface area contributed by atoms with Crippen LogP contribution in [0.25, 0.3) is 5.52 Å². The van der Waals surface area contributed by atoms with Crippen molar-refractivity contribution < 1.29 is 9.59 Å². The predicted octanol–water partition coefficient (Wildman–Crippen LogP) is 0.205. The number of fused-ring (bicyclic) bond motifs is 1. The first-order valence-electron chi connectivity index (χ1n) is 3.72. The van der Waals surface area contributed by atoms with Gasteiger partial charge in [-0.2, -0.15) is 5.10 Å². The van der Waals surface area contributed by atoms with Crippen LogP contribution in [0.15, 0.2) is 29.8 Å². The maximum absolute atomic E-state index is 11.2. The highest BCUT2D eigenvalue weighted by atomic mass is 16.2. The Hall–Kier alpha value is -2.33. The van der Waals surface area contributed by atoms with Gasteiger partial charge in [-0.25, -0.2) is 9.31 Å². The monoisotopic (exact) mass is 188 g/mol. The maximum atomic E-state index is 11.2. The molecule has 6 heteroatoms. The van der Waals surface area contributed by atoms with Crippen LogP contribution in [0.3, 0.4) is 0 Å². The Morgan fingerprint density at radius 2 is 2.36 bits per heavy atom. The maximum Gasteiger partial charge on any atom is 0.291 e. The molecule has 0 fully saturated rings. The van der Waals surface area contributed by atoms with E-state index < -0.39 is 5.91 Å². The van der Waals surface area contributed by atoms with Gasteiger partial charge in [0, 0.05) is 12.4 Å². The van der Waals surface area contributed by atoms with Crippen molar-refractivity contribution in [3.05, 3.63) is 30.4 Å². The summed E-state index contributed by atoms with van der Waals surface area (Å²) in [6.45, 7) is 0. The lowest BCUT2D eigenvalue weighted by molar-refractivity contribution is 0.100. The Labute approximate surface area is 77.9 Å². The minimum Gasteiger partial charge on any atom is -0.266 e. The zero-order valence-electron chi connectivity index (χ0n) is 6.91. The molecule has 2 aromatic rings. The van der Waals surface area contributed by atoms with Crippen LogP contribution in [0.1, 0.15) is 10.4 Å². The fraction of sp³-hybridized carbons (Fsp3) is 0. The number of carbonyl (C=O) groups excluding carboxylic acids is 2. The highest BCUT2D eigenvalue weighted by Crippen LogP contribution is 2.09. The molecule has 0 aromatic carbocycles. The lowest BCUT2D eigenvalue weighted by atomic mass is 10.3. The number of nitrogens with zero attached hydrogens (tertiary/aromatic N) is 4. The van der Waals surface area contributed by atoms with Gasteiger partial charge in [0.1, 0.15) is 0 Å². The molecule has 0 spiro atoms. The summed E-state index contributed by atoms with van der Waals surface area (Å²) in [5, 5.41) is 3.89. The largest absolute Gasteiger partial charge is 0.291 e. The molecule has 0 saturated carbocycles. The van der Waals surface area contributed by atoms with Crippen molar-refractivity contribution in [1.82, 2.24) is 14.6 Å². The van der Waals surface area contributed by atoms with E-state index in [1.54, 1.807) is 6.20 Å². The van der Waals surface area contributed by atoms with E-state index in [1.165, 1.54) is 29.2 Å². The number of isocyanates is 1. The Morgan fingerprint density at radius 1 is 1.50 bits per heavy atom. The molecule has 0 unspecified atom stereocenters. The molecule has 6 nitrogen and oxygen atoms in total. The molecule has 14 heavy (non-hydrogen) atoms. The third kappa shape index (κ3) is 1.19. The van der Waals surface area contributed by atoms with E-state index in [2.05, 4.69) is 15.1 Å². The summed E-state index contributed by atoms with van der Waals surface area (Å²) in [6.07, 6.45) is 7.13. The van der Waals surface area contributed by atoms with E-state index in [1.807, 2.05) is 0 Å². The fourth-order valence-corrected chi connectivity index (χ4v) is 1.10. The third-order valence-corrected chi connectivity index (χ3v) is 1.70. The van der Waals surface area contributed by atoms with Crippen LogP contribution in [0, 0.1) is 0 Å². The van der Waals surface area contributed by atoms with Crippen molar-refractivity contribution >= 4 is 17.5 Å². The molecule has 2 rings (SSSR count). The van der Waals surface area contributed by atoms with Gasteiger partial charge in [-0.15, -0.1) is 4.99 Å². The molecule has 1 amide bonds. The van der Waals surface area contributed by atoms with Gasteiger partial charge < -0.3 is 0 Å². The van der Waals surface area contributed by atoms with Crippen LogP contribution in [0.5, 0.6) is 0 Å². The molecule has 2 aromatic heterocycles. The summed E-state index contributed by atoms with van der Waals surface area (Å²) >= 11 is 0. The topological polar surface area (TPSA) is 76.7 Å². The van der Waals surface area contributed by atoms with Gasteiger partial charge >= 0.3 is 0 Å². The second-order valence-electron chi connectivity index (χ2n) is 2.47. The summed E-state index contributed by atoms with van der Waals surface area (Å²) < 4.78 is 1.47. The second-order valence-corrected chi connectivity index (χ2v) is 2.47. The van der Waals surface area contributed by atoms with Crippen LogP contribution in [-0.2, 0) is 4.79 Å². The molecule has 0 saturated heterocycles. The predicted molar refractivity (Wildman–Crippen MR) is 45.4 cm³/mol. The minimum atomic E-state index is -0.664. The molecule has 0 N–H and O–H groups in total. The zero-order valence-corrected chi connectivity index (χ0v) is 6.91. The van der Waals surface area contributed by atoms with Gasteiger partial charge in [0.2, 0.25) is 6.08 Å². The van der Waals surface area contributed by atoms with E-state index in [0.29, 0.717) is 5.52 Å². The summed E-state index contributed by atoms with van der Waals surface area (Å²) in [5.74, 6) is -0.664. The standard InChI is InChI=1S/C8H4N4O2/c13-5-10-8(14)6-3-11-12-2-1-9-4-7(6)12/h1-4H. The molecule has 0 aliphatic rings. The number of amides is 1. The first kappa shape index (κ1) is 8.28. The number of hydrogen-bond acceptors (Lipinski definition) is 4. The van der Waals surface area contributed by atoms with E-state index in [0.717, 1.165) is 0 Å². The van der Waals surface area contributed by atoms with Crippen molar-refractivity contribution in [3.63, 3.8) is 0 Å². The summed E-state index contributed by atoms with van der Waals surface area (Å²) in [5.41, 5.74) is 0.748. The molecule has 2 heterocycles. The first-order chi connectivity index (χ1) is 6.83. The lowest BCUT2D eigenvalue weighted by Gasteiger charge is -1.90. The Bertz CT molecular complexity index is 539. The highest BCUT2D eigenvalue weighted by Gasteiger charge is 2.10. The number of carbonyl (C=O) groups is 1. The average molecular weight is 188 g/mol. The van der Waals surface area contributed by atoms with Crippen molar-refractivity contribution in [1.29, 1.82) is 0 Å². The van der Waals surface area contributed by atoms with Crippen molar-refractivity contribution in [3.8, 4) is 0 Å². The van der Waals surface area contributed by atoms with Gasteiger partial charge in [0.15, 0.2) is 0 Å². The summed E-state index contributed by atoms with van der Waals surface area (Å²) in [7, 11) is 0. The van der Waals surface area contributed by atoms with E-state index >= 15 is 0 Å². The second kappa shape index (κ2) is 3.20. The Kier molecular flexibility index (Phi) is 1.89. The average Bonchev–Trinajstić information content (AvgIpc) is 2.61. The van der Waals surface area contributed by atoms with E-state index in [9.17, 15) is 9.59 Å². The van der Waals surface area contributed by atoms with Crippen LogP contribution in [0.2, 0.25) is 0 Å².